The maximum absolute atomic E-state index is 10.7. The van der Waals surface area contributed by atoms with Gasteiger partial charge < -0.3 is 14.6 Å². The Morgan fingerprint density at radius 3 is 2.00 bits per heavy atom. The van der Waals surface area contributed by atoms with Crippen molar-refractivity contribution in [1.82, 2.24) is 0 Å². The first-order chi connectivity index (χ1) is 14.6. The molecule has 0 heterocycles. The smallest absolute Gasteiger partial charge is 0.127 e. The van der Waals surface area contributed by atoms with Crippen molar-refractivity contribution in [3.63, 3.8) is 0 Å². The topological polar surface area (TPSA) is 38.7 Å². The third-order valence-corrected chi connectivity index (χ3v) is 5.57. The standard InChI is InChI=1S/C27H26O3/c1-18-7-11-20(12-8-18)27(28)21-13-9-19(10-14-21)17-22-15-16-24(29-2)23-5-4-6-25(30-3)26(22)23/h4-16,27-28H,17H2,1-3H3. The fraction of sp³-hybridized carbons (Fsp3) is 0.185. The van der Waals surface area contributed by atoms with E-state index in [2.05, 4.69) is 24.3 Å². The van der Waals surface area contributed by atoms with E-state index in [1.807, 2.05) is 61.5 Å². The molecule has 4 aromatic rings. The maximum Gasteiger partial charge on any atom is 0.127 e. The summed E-state index contributed by atoms with van der Waals surface area (Å²) >= 11 is 0. The molecular formula is C27H26O3. The Balaban J connectivity index is 1.64. The minimum Gasteiger partial charge on any atom is -0.496 e. The molecule has 152 valence electrons. The summed E-state index contributed by atoms with van der Waals surface area (Å²) in [6.45, 7) is 2.04. The monoisotopic (exact) mass is 398 g/mol. The first kappa shape index (κ1) is 20.0. The predicted molar refractivity (Wildman–Crippen MR) is 122 cm³/mol. The zero-order valence-electron chi connectivity index (χ0n) is 17.6. The minimum atomic E-state index is -0.624. The van der Waals surface area contributed by atoms with Crippen molar-refractivity contribution in [2.45, 2.75) is 19.4 Å². The van der Waals surface area contributed by atoms with E-state index in [0.717, 1.165) is 39.8 Å². The van der Waals surface area contributed by atoms with Crippen LogP contribution < -0.4 is 9.47 Å². The summed E-state index contributed by atoms with van der Waals surface area (Å²) in [6.07, 6.45) is 0.142. The summed E-state index contributed by atoms with van der Waals surface area (Å²) in [5, 5.41) is 12.8. The number of rotatable bonds is 6. The van der Waals surface area contributed by atoms with E-state index in [-0.39, 0.29) is 0 Å². The van der Waals surface area contributed by atoms with Crippen LogP contribution in [0, 0.1) is 6.92 Å². The molecule has 0 aromatic heterocycles. The van der Waals surface area contributed by atoms with Gasteiger partial charge in [-0.1, -0.05) is 72.3 Å². The summed E-state index contributed by atoms with van der Waals surface area (Å²) in [7, 11) is 3.38. The first-order valence-electron chi connectivity index (χ1n) is 10.1. The highest BCUT2D eigenvalue weighted by Crippen LogP contribution is 2.36. The van der Waals surface area contributed by atoms with Crippen molar-refractivity contribution < 1.29 is 14.6 Å². The van der Waals surface area contributed by atoms with Gasteiger partial charge in [0, 0.05) is 10.8 Å². The summed E-state index contributed by atoms with van der Waals surface area (Å²) in [5.41, 5.74) is 5.32. The lowest BCUT2D eigenvalue weighted by Gasteiger charge is -2.15. The van der Waals surface area contributed by atoms with Gasteiger partial charge in [-0.15, -0.1) is 0 Å². The van der Waals surface area contributed by atoms with E-state index >= 15 is 0 Å². The number of aliphatic hydroxyl groups is 1. The van der Waals surface area contributed by atoms with Crippen LogP contribution in [0.2, 0.25) is 0 Å². The predicted octanol–water partition coefficient (Wildman–Crippen LogP) is 5.84. The molecule has 1 unspecified atom stereocenters. The van der Waals surface area contributed by atoms with Crippen LogP contribution in [-0.4, -0.2) is 19.3 Å². The molecule has 0 fully saturated rings. The van der Waals surface area contributed by atoms with Crippen LogP contribution in [0.1, 0.15) is 33.9 Å². The molecule has 30 heavy (non-hydrogen) atoms. The Hall–Kier alpha value is -3.30. The van der Waals surface area contributed by atoms with E-state index in [4.69, 9.17) is 9.47 Å². The lowest BCUT2D eigenvalue weighted by Crippen LogP contribution is -2.00. The highest BCUT2D eigenvalue weighted by Gasteiger charge is 2.13. The molecule has 0 aliphatic heterocycles. The molecule has 0 aliphatic rings. The van der Waals surface area contributed by atoms with Crippen LogP contribution in [-0.2, 0) is 6.42 Å². The number of benzene rings is 4. The molecule has 0 aliphatic carbocycles. The molecule has 0 saturated carbocycles. The SMILES string of the molecule is COc1ccc(Cc2ccc(C(O)c3ccc(C)cc3)cc2)c2c(OC)cccc12. The molecule has 1 atom stereocenters. The molecule has 0 radical (unpaired) electrons. The molecule has 0 bridgehead atoms. The van der Waals surface area contributed by atoms with E-state index in [0.29, 0.717) is 0 Å². The third-order valence-electron chi connectivity index (χ3n) is 5.57. The Morgan fingerprint density at radius 1 is 0.733 bits per heavy atom. The zero-order chi connectivity index (χ0) is 21.1. The van der Waals surface area contributed by atoms with Gasteiger partial charge in [-0.2, -0.15) is 0 Å². The average Bonchev–Trinajstić information content (AvgIpc) is 2.79. The number of ether oxygens (including phenoxy) is 2. The highest BCUT2D eigenvalue weighted by atomic mass is 16.5. The van der Waals surface area contributed by atoms with E-state index < -0.39 is 6.10 Å². The van der Waals surface area contributed by atoms with Crippen molar-refractivity contribution in [1.29, 1.82) is 0 Å². The van der Waals surface area contributed by atoms with Gasteiger partial charge in [-0.3, -0.25) is 0 Å². The van der Waals surface area contributed by atoms with Crippen molar-refractivity contribution in [3.05, 3.63) is 107 Å². The molecule has 3 heteroatoms. The average molecular weight is 399 g/mol. The molecule has 0 amide bonds. The molecule has 0 spiro atoms. The van der Waals surface area contributed by atoms with Crippen molar-refractivity contribution >= 4 is 10.8 Å². The van der Waals surface area contributed by atoms with Crippen molar-refractivity contribution in [3.8, 4) is 11.5 Å². The van der Waals surface area contributed by atoms with Gasteiger partial charge in [0.25, 0.3) is 0 Å². The number of aryl methyl sites for hydroxylation is 1. The van der Waals surface area contributed by atoms with Gasteiger partial charge >= 0.3 is 0 Å². The van der Waals surface area contributed by atoms with Crippen molar-refractivity contribution in [2.24, 2.45) is 0 Å². The van der Waals surface area contributed by atoms with Gasteiger partial charge in [0.1, 0.15) is 17.6 Å². The van der Waals surface area contributed by atoms with Crippen LogP contribution >= 0.6 is 0 Å². The number of hydrogen-bond donors (Lipinski definition) is 1. The molecule has 3 nitrogen and oxygen atoms in total. The Morgan fingerprint density at radius 2 is 1.37 bits per heavy atom. The number of fused-ring (bicyclic) bond motifs is 1. The summed E-state index contributed by atoms with van der Waals surface area (Å²) in [6, 6.07) is 26.3. The van der Waals surface area contributed by atoms with E-state index in [1.165, 1.54) is 16.7 Å². The molecule has 0 saturated heterocycles. The second-order valence-corrected chi connectivity index (χ2v) is 7.54. The fourth-order valence-corrected chi connectivity index (χ4v) is 3.89. The van der Waals surface area contributed by atoms with Crippen LogP contribution in [0.5, 0.6) is 11.5 Å². The number of methoxy groups -OCH3 is 2. The van der Waals surface area contributed by atoms with Gasteiger partial charge in [-0.05, 0) is 47.7 Å². The second-order valence-electron chi connectivity index (χ2n) is 7.54. The quantitative estimate of drug-likeness (QED) is 0.444. The first-order valence-corrected chi connectivity index (χ1v) is 10.1. The summed E-state index contributed by atoms with van der Waals surface area (Å²) in [4.78, 5) is 0. The van der Waals surface area contributed by atoms with Gasteiger partial charge in [0.05, 0.1) is 14.2 Å². The Bertz CT molecular complexity index is 1150. The molecule has 4 aromatic carbocycles. The molecular weight excluding hydrogens is 372 g/mol. The number of hydrogen-bond acceptors (Lipinski definition) is 3. The maximum atomic E-state index is 10.7. The van der Waals surface area contributed by atoms with Crippen LogP contribution in [0.15, 0.2) is 78.9 Å². The Kier molecular flexibility index (Phi) is 5.73. The van der Waals surface area contributed by atoms with Crippen LogP contribution in [0.25, 0.3) is 10.8 Å². The lowest BCUT2D eigenvalue weighted by atomic mass is 9.95. The normalized spacial score (nSPS) is 12.0. The summed E-state index contributed by atoms with van der Waals surface area (Å²) in [5.74, 6) is 1.68. The summed E-state index contributed by atoms with van der Waals surface area (Å²) < 4.78 is 11.2. The Labute approximate surface area is 177 Å². The van der Waals surface area contributed by atoms with Gasteiger partial charge in [-0.25, -0.2) is 0 Å². The van der Waals surface area contributed by atoms with Gasteiger partial charge in [0.15, 0.2) is 0 Å². The fourth-order valence-electron chi connectivity index (χ4n) is 3.89. The largest absolute Gasteiger partial charge is 0.496 e. The minimum absolute atomic E-state index is 0.624. The second kappa shape index (κ2) is 8.60. The van der Waals surface area contributed by atoms with E-state index in [1.54, 1.807) is 14.2 Å². The lowest BCUT2D eigenvalue weighted by molar-refractivity contribution is 0.220. The van der Waals surface area contributed by atoms with Gasteiger partial charge in [0.2, 0.25) is 0 Å². The third kappa shape index (κ3) is 3.89. The van der Waals surface area contributed by atoms with Crippen LogP contribution in [0.4, 0.5) is 0 Å². The van der Waals surface area contributed by atoms with Crippen molar-refractivity contribution in [2.75, 3.05) is 14.2 Å². The molecule has 1 N–H and O–H groups in total. The zero-order valence-corrected chi connectivity index (χ0v) is 17.6. The number of aliphatic hydroxyl groups excluding tert-OH is 1. The van der Waals surface area contributed by atoms with Crippen LogP contribution in [0.3, 0.4) is 0 Å². The van der Waals surface area contributed by atoms with E-state index in [9.17, 15) is 5.11 Å². The molecule has 4 rings (SSSR count). The highest BCUT2D eigenvalue weighted by molar-refractivity contribution is 5.96.